The second kappa shape index (κ2) is 11.1. The average molecular weight is 424 g/mol. The normalized spacial score (nSPS) is 24.4. The largest absolute Gasteiger partial charge is 0.486 e. The van der Waals surface area contributed by atoms with E-state index < -0.39 is 42.3 Å². The third-order valence-electron chi connectivity index (χ3n) is 5.23. The molecule has 4 atom stereocenters. The Morgan fingerprint density at radius 1 is 1.00 bits per heavy atom. The molecule has 0 fully saturated rings. The molecule has 0 aromatic heterocycles. The Balaban J connectivity index is 2.32. The SMILES string of the molecule is CCCCCC[C@H](OC(C)=O)[C@@H]1C[C@@H](OC(C)=O)C2=C(O1)[C@H](OC(C)=O)CCC2=O. The highest BCUT2D eigenvalue weighted by Crippen LogP contribution is 2.38. The van der Waals surface area contributed by atoms with E-state index in [0.717, 1.165) is 25.7 Å². The van der Waals surface area contributed by atoms with Gasteiger partial charge in [0.1, 0.15) is 24.1 Å². The van der Waals surface area contributed by atoms with Gasteiger partial charge >= 0.3 is 17.9 Å². The number of hydrogen-bond donors (Lipinski definition) is 0. The maximum absolute atomic E-state index is 12.6. The van der Waals surface area contributed by atoms with Gasteiger partial charge in [0.25, 0.3) is 0 Å². The van der Waals surface area contributed by atoms with Gasteiger partial charge < -0.3 is 18.9 Å². The maximum Gasteiger partial charge on any atom is 0.303 e. The molecule has 0 N–H and O–H groups in total. The second-order valence-electron chi connectivity index (χ2n) is 7.83. The van der Waals surface area contributed by atoms with Crippen LogP contribution in [0.1, 0.15) is 79.1 Å². The zero-order chi connectivity index (χ0) is 22.3. The first-order valence-electron chi connectivity index (χ1n) is 10.7. The summed E-state index contributed by atoms with van der Waals surface area (Å²) >= 11 is 0. The van der Waals surface area contributed by atoms with Crippen molar-refractivity contribution in [3.63, 3.8) is 0 Å². The first-order chi connectivity index (χ1) is 14.2. The van der Waals surface area contributed by atoms with Crippen molar-refractivity contribution in [1.29, 1.82) is 0 Å². The van der Waals surface area contributed by atoms with E-state index in [4.69, 9.17) is 18.9 Å². The summed E-state index contributed by atoms with van der Waals surface area (Å²) in [6.07, 6.45) is 2.54. The third kappa shape index (κ3) is 6.57. The van der Waals surface area contributed by atoms with Crippen molar-refractivity contribution in [2.45, 2.75) is 103 Å². The molecule has 0 aromatic carbocycles. The molecule has 8 nitrogen and oxygen atoms in total. The lowest BCUT2D eigenvalue weighted by atomic mass is 9.84. The average Bonchev–Trinajstić information content (AvgIpc) is 2.65. The van der Waals surface area contributed by atoms with Gasteiger partial charge in [-0.15, -0.1) is 0 Å². The van der Waals surface area contributed by atoms with Gasteiger partial charge in [0, 0.05) is 33.6 Å². The number of carbonyl (C=O) groups excluding carboxylic acids is 4. The fraction of sp³-hybridized carbons (Fsp3) is 0.727. The summed E-state index contributed by atoms with van der Waals surface area (Å²) in [6, 6.07) is 0. The molecule has 0 bridgehead atoms. The molecule has 0 spiro atoms. The highest BCUT2D eigenvalue weighted by atomic mass is 16.6. The summed E-state index contributed by atoms with van der Waals surface area (Å²) in [4.78, 5) is 47.5. The lowest BCUT2D eigenvalue weighted by Crippen LogP contribution is -2.46. The zero-order valence-corrected chi connectivity index (χ0v) is 18.2. The zero-order valence-electron chi connectivity index (χ0n) is 18.2. The van der Waals surface area contributed by atoms with E-state index in [1.165, 1.54) is 20.8 Å². The number of carbonyl (C=O) groups is 4. The van der Waals surface area contributed by atoms with Crippen molar-refractivity contribution in [2.24, 2.45) is 0 Å². The molecule has 0 saturated heterocycles. The van der Waals surface area contributed by atoms with Gasteiger partial charge in [0.2, 0.25) is 0 Å². The molecule has 1 aliphatic carbocycles. The summed E-state index contributed by atoms with van der Waals surface area (Å²) < 4.78 is 22.4. The summed E-state index contributed by atoms with van der Waals surface area (Å²) in [6.45, 7) is 6.01. The molecule has 2 aliphatic rings. The number of Topliss-reactive ketones (excluding diaryl/α,β-unsaturated/α-hetero) is 1. The molecule has 168 valence electrons. The van der Waals surface area contributed by atoms with E-state index in [0.29, 0.717) is 12.8 Å². The van der Waals surface area contributed by atoms with Gasteiger partial charge in [-0.1, -0.05) is 26.2 Å². The minimum Gasteiger partial charge on any atom is -0.486 e. The van der Waals surface area contributed by atoms with Crippen LogP contribution in [-0.2, 0) is 38.1 Å². The Bertz CT molecular complexity index is 695. The molecule has 0 radical (unpaired) electrons. The molecule has 1 aliphatic heterocycles. The van der Waals surface area contributed by atoms with Gasteiger partial charge in [-0.3, -0.25) is 19.2 Å². The molecule has 0 unspecified atom stereocenters. The monoisotopic (exact) mass is 424 g/mol. The van der Waals surface area contributed by atoms with Crippen molar-refractivity contribution in [3.8, 4) is 0 Å². The van der Waals surface area contributed by atoms with E-state index in [-0.39, 0.29) is 30.0 Å². The maximum atomic E-state index is 12.6. The second-order valence-corrected chi connectivity index (χ2v) is 7.83. The highest BCUT2D eigenvalue weighted by molar-refractivity contribution is 5.98. The standard InChI is InChI=1S/C22H32O8/c1-5-6-7-8-9-17(27-13(2)23)19-12-20(29-15(4)25)21-16(26)10-11-18(22(21)30-19)28-14(3)24/h17-20H,5-12H2,1-4H3/t17-,18+,19-,20+/m0/s1. The van der Waals surface area contributed by atoms with E-state index in [9.17, 15) is 19.2 Å². The number of ketones is 1. The summed E-state index contributed by atoms with van der Waals surface area (Å²) in [5, 5.41) is 0. The Morgan fingerprint density at radius 3 is 2.27 bits per heavy atom. The van der Waals surface area contributed by atoms with Crippen LogP contribution in [0.15, 0.2) is 11.3 Å². The highest BCUT2D eigenvalue weighted by Gasteiger charge is 2.45. The van der Waals surface area contributed by atoms with Crippen molar-refractivity contribution >= 4 is 23.7 Å². The van der Waals surface area contributed by atoms with Crippen LogP contribution < -0.4 is 0 Å². The molecule has 30 heavy (non-hydrogen) atoms. The van der Waals surface area contributed by atoms with Crippen LogP contribution in [0.3, 0.4) is 0 Å². The Labute approximate surface area is 177 Å². The number of rotatable bonds is 9. The van der Waals surface area contributed by atoms with Crippen LogP contribution in [0.5, 0.6) is 0 Å². The van der Waals surface area contributed by atoms with Gasteiger partial charge in [0.15, 0.2) is 11.9 Å². The molecular weight excluding hydrogens is 392 g/mol. The first-order valence-corrected chi connectivity index (χ1v) is 10.7. The summed E-state index contributed by atoms with van der Waals surface area (Å²) in [7, 11) is 0. The minimum atomic E-state index is -0.823. The lowest BCUT2D eigenvalue weighted by molar-refractivity contribution is -0.166. The third-order valence-corrected chi connectivity index (χ3v) is 5.23. The molecular formula is C22H32O8. The van der Waals surface area contributed by atoms with Crippen LogP contribution in [0.25, 0.3) is 0 Å². The van der Waals surface area contributed by atoms with Gasteiger partial charge in [-0.05, 0) is 19.3 Å². The van der Waals surface area contributed by atoms with E-state index in [2.05, 4.69) is 6.92 Å². The fourth-order valence-corrected chi connectivity index (χ4v) is 4.01. The Morgan fingerprint density at radius 2 is 1.67 bits per heavy atom. The van der Waals surface area contributed by atoms with Crippen LogP contribution in [-0.4, -0.2) is 48.1 Å². The summed E-state index contributed by atoms with van der Waals surface area (Å²) in [5.41, 5.74) is 0.242. The smallest absolute Gasteiger partial charge is 0.303 e. The van der Waals surface area contributed by atoms with Crippen molar-refractivity contribution < 1.29 is 38.1 Å². The lowest BCUT2D eigenvalue weighted by Gasteiger charge is -2.40. The molecule has 0 saturated carbocycles. The Kier molecular flexibility index (Phi) is 8.87. The van der Waals surface area contributed by atoms with E-state index in [1.54, 1.807) is 0 Å². The van der Waals surface area contributed by atoms with Crippen molar-refractivity contribution in [2.75, 3.05) is 0 Å². The van der Waals surface area contributed by atoms with Crippen LogP contribution in [0, 0.1) is 0 Å². The Hall–Kier alpha value is -2.38. The number of hydrogen-bond acceptors (Lipinski definition) is 8. The van der Waals surface area contributed by atoms with Crippen LogP contribution >= 0.6 is 0 Å². The minimum absolute atomic E-state index is 0.174. The van der Waals surface area contributed by atoms with Crippen molar-refractivity contribution in [3.05, 3.63) is 11.3 Å². The van der Waals surface area contributed by atoms with Gasteiger partial charge in [-0.2, -0.15) is 0 Å². The number of ether oxygens (including phenoxy) is 4. The fourth-order valence-electron chi connectivity index (χ4n) is 4.01. The molecule has 0 amide bonds. The first kappa shape index (κ1) is 23.9. The topological polar surface area (TPSA) is 105 Å². The van der Waals surface area contributed by atoms with E-state index >= 15 is 0 Å². The van der Waals surface area contributed by atoms with Crippen LogP contribution in [0.2, 0.25) is 0 Å². The predicted molar refractivity (Wildman–Crippen MR) is 106 cm³/mol. The van der Waals surface area contributed by atoms with Crippen molar-refractivity contribution in [1.82, 2.24) is 0 Å². The van der Waals surface area contributed by atoms with E-state index in [1.807, 2.05) is 0 Å². The van der Waals surface area contributed by atoms with Gasteiger partial charge in [0.05, 0.1) is 5.57 Å². The van der Waals surface area contributed by atoms with Crippen LogP contribution in [0.4, 0.5) is 0 Å². The molecule has 8 heteroatoms. The quantitative estimate of drug-likeness (QED) is 0.316. The van der Waals surface area contributed by atoms with Gasteiger partial charge in [-0.25, -0.2) is 0 Å². The molecule has 1 heterocycles. The molecule has 2 rings (SSSR count). The number of unbranched alkanes of at least 4 members (excludes halogenated alkanes) is 3. The molecule has 0 aromatic rings. The predicted octanol–water partition coefficient (Wildman–Crippen LogP) is 3.16. The number of esters is 3. The summed E-state index contributed by atoms with van der Waals surface area (Å²) in [5.74, 6) is -1.42.